The Labute approximate surface area is 241 Å². The van der Waals surface area contributed by atoms with Gasteiger partial charge in [0.1, 0.15) is 0 Å². The van der Waals surface area contributed by atoms with Crippen LogP contribution in [0.25, 0.3) is 6.08 Å². The first kappa shape index (κ1) is 33.9. The van der Waals surface area contributed by atoms with Crippen molar-refractivity contribution < 1.29 is 14.0 Å². The Balaban J connectivity index is 2.02. The molecule has 0 bridgehead atoms. The Kier molecular flexibility index (Phi) is 11.3. The Hall–Kier alpha value is -0.316. The quantitative estimate of drug-likeness (QED) is 0.222. The summed E-state index contributed by atoms with van der Waals surface area (Å²) in [4.78, 5) is 4.67. The van der Waals surface area contributed by atoms with Gasteiger partial charge in [-0.15, -0.1) is 11.3 Å². The standard InChI is InChI=1S/C31H59NO3SSi2/c1-23(20-34-37(10,11)29(4,5)6)15-14-16-31(22-33)19-26(31)18-28(35-38(12,13)30(7,8)9)24(2)17-27-21-36-25(3)32-27/h17,21,23,26,28,33H,14-16,18-20,22H2,1-13H3/b24-17+/t23-,26+,28-,31-/m0/s1. The molecule has 7 heteroatoms. The molecule has 0 saturated heterocycles. The van der Waals surface area contributed by atoms with E-state index in [2.05, 4.69) is 105 Å². The minimum absolute atomic E-state index is 0.0621. The maximum absolute atomic E-state index is 10.5. The van der Waals surface area contributed by atoms with E-state index in [-0.39, 0.29) is 28.2 Å². The average Bonchev–Trinajstić information content (AvgIpc) is 3.30. The maximum atomic E-state index is 10.5. The van der Waals surface area contributed by atoms with Crippen LogP contribution in [0, 0.1) is 24.2 Å². The van der Waals surface area contributed by atoms with Gasteiger partial charge in [-0.2, -0.15) is 0 Å². The van der Waals surface area contributed by atoms with Crippen molar-refractivity contribution in [1.82, 2.24) is 4.98 Å². The molecule has 4 nitrogen and oxygen atoms in total. The third-order valence-electron chi connectivity index (χ3n) is 9.84. The molecule has 0 aliphatic heterocycles. The molecule has 1 N–H and O–H groups in total. The minimum Gasteiger partial charge on any atom is -0.417 e. The molecule has 1 aliphatic rings. The Morgan fingerprint density at radius 1 is 1.16 bits per heavy atom. The predicted molar refractivity (Wildman–Crippen MR) is 171 cm³/mol. The SMILES string of the molecule is C/C(=C\c1csc(C)n1)[C@H](C[C@@H]1C[C@]1(CO)CCC[C@H](C)CO[Si](C)(C)C(C)(C)C)O[Si](C)(C)C(C)(C)C. The van der Waals surface area contributed by atoms with Gasteiger partial charge in [0.25, 0.3) is 0 Å². The van der Waals surface area contributed by atoms with E-state index in [4.69, 9.17) is 8.85 Å². The summed E-state index contributed by atoms with van der Waals surface area (Å²) in [6, 6.07) is 0. The lowest BCUT2D eigenvalue weighted by Crippen LogP contribution is -2.44. The van der Waals surface area contributed by atoms with Crippen LogP contribution in [-0.4, -0.2) is 46.0 Å². The van der Waals surface area contributed by atoms with Gasteiger partial charge in [-0.3, -0.25) is 0 Å². The first-order valence-corrected chi connectivity index (χ1v) is 21.5. The van der Waals surface area contributed by atoms with Crippen LogP contribution in [0.15, 0.2) is 11.0 Å². The fraction of sp³-hybridized carbons (Fsp3) is 0.839. The molecule has 1 aromatic heterocycles. The van der Waals surface area contributed by atoms with Crippen LogP contribution in [0.2, 0.25) is 36.3 Å². The largest absolute Gasteiger partial charge is 0.417 e. The predicted octanol–water partition coefficient (Wildman–Crippen LogP) is 9.46. The van der Waals surface area contributed by atoms with Crippen molar-refractivity contribution in [2.75, 3.05) is 13.2 Å². The van der Waals surface area contributed by atoms with Crippen molar-refractivity contribution >= 4 is 34.0 Å². The summed E-state index contributed by atoms with van der Waals surface area (Å²) in [7, 11) is -3.65. The molecule has 1 aromatic rings. The Morgan fingerprint density at radius 2 is 1.76 bits per heavy atom. The van der Waals surface area contributed by atoms with Crippen molar-refractivity contribution in [3.63, 3.8) is 0 Å². The fourth-order valence-corrected chi connectivity index (χ4v) is 7.74. The number of hydrogen-bond donors (Lipinski definition) is 1. The van der Waals surface area contributed by atoms with Crippen molar-refractivity contribution in [2.24, 2.45) is 17.3 Å². The lowest BCUT2D eigenvalue weighted by Gasteiger charge is -2.40. The van der Waals surface area contributed by atoms with Gasteiger partial charge in [0.2, 0.25) is 0 Å². The van der Waals surface area contributed by atoms with Crippen molar-refractivity contribution in [3.8, 4) is 0 Å². The molecule has 220 valence electrons. The molecular formula is C31H59NO3SSi2. The van der Waals surface area contributed by atoms with Gasteiger partial charge in [-0.05, 0) is 105 Å². The van der Waals surface area contributed by atoms with E-state index in [0.717, 1.165) is 49.4 Å². The van der Waals surface area contributed by atoms with Crippen LogP contribution in [0.3, 0.4) is 0 Å². The third-order valence-corrected chi connectivity index (χ3v) is 19.6. The molecule has 1 fully saturated rings. The summed E-state index contributed by atoms with van der Waals surface area (Å²) < 4.78 is 13.5. The third kappa shape index (κ3) is 9.10. The molecule has 2 rings (SSSR count). The second-order valence-corrected chi connectivity index (χ2v) is 25.9. The highest BCUT2D eigenvalue weighted by Gasteiger charge is 2.54. The number of aromatic nitrogens is 1. The van der Waals surface area contributed by atoms with E-state index in [1.54, 1.807) is 11.3 Å². The molecule has 0 unspecified atom stereocenters. The minimum atomic E-state index is -1.95. The normalized spacial score (nSPS) is 23.0. The van der Waals surface area contributed by atoms with Crippen molar-refractivity contribution in [1.29, 1.82) is 0 Å². The van der Waals surface area contributed by atoms with Crippen molar-refractivity contribution in [3.05, 3.63) is 21.7 Å². The smallest absolute Gasteiger partial charge is 0.192 e. The monoisotopic (exact) mass is 581 g/mol. The summed E-state index contributed by atoms with van der Waals surface area (Å²) >= 11 is 1.69. The average molecular weight is 582 g/mol. The molecular weight excluding hydrogens is 523 g/mol. The zero-order valence-electron chi connectivity index (χ0n) is 27.0. The fourth-order valence-electron chi connectivity index (χ4n) is 4.69. The highest BCUT2D eigenvalue weighted by atomic mass is 32.1. The molecule has 0 spiro atoms. The van der Waals surface area contributed by atoms with E-state index < -0.39 is 16.6 Å². The van der Waals surface area contributed by atoms with Gasteiger partial charge in [0, 0.05) is 18.6 Å². The summed E-state index contributed by atoms with van der Waals surface area (Å²) in [6.45, 7) is 30.9. The van der Waals surface area contributed by atoms with Crippen LogP contribution in [0.5, 0.6) is 0 Å². The van der Waals surface area contributed by atoms with Crippen LogP contribution < -0.4 is 0 Å². The van der Waals surface area contributed by atoms with Gasteiger partial charge >= 0.3 is 0 Å². The molecule has 0 radical (unpaired) electrons. The van der Waals surface area contributed by atoms with E-state index in [1.165, 1.54) is 5.57 Å². The summed E-state index contributed by atoms with van der Waals surface area (Å²) in [5.74, 6) is 1.07. The summed E-state index contributed by atoms with van der Waals surface area (Å²) in [6.07, 6.45) is 7.80. The highest BCUT2D eigenvalue weighted by Crippen LogP contribution is 2.59. The number of aliphatic hydroxyl groups excluding tert-OH is 1. The van der Waals surface area contributed by atoms with Crippen LogP contribution in [-0.2, 0) is 8.85 Å². The van der Waals surface area contributed by atoms with Gasteiger partial charge in [0.05, 0.1) is 16.8 Å². The number of aliphatic hydroxyl groups is 1. The first-order chi connectivity index (χ1) is 17.2. The number of rotatable bonds is 14. The number of nitrogens with zero attached hydrogens (tertiary/aromatic N) is 1. The van der Waals surface area contributed by atoms with Gasteiger partial charge in [0.15, 0.2) is 16.6 Å². The summed E-state index contributed by atoms with van der Waals surface area (Å²) in [5.41, 5.74) is 2.36. The second-order valence-electron chi connectivity index (χ2n) is 15.3. The molecule has 1 heterocycles. The number of hydrogen-bond acceptors (Lipinski definition) is 5. The van der Waals surface area contributed by atoms with Crippen LogP contribution >= 0.6 is 11.3 Å². The highest BCUT2D eigenvalue weighted by molar-refractivity contribution is 7.09. The first-order valence-electron chi connectivity index (χ1n) is 14.8. The topological polar surface area (TPSA) is 51.6 Å². The Bertz CT molecular complexity index is 928. The van der Waals surface area contributed by atoms with E-state index in [1.807, 2.05) is 0 Å². The lowest BCUT2D eigenvalue weighted by molar-refractivity contribution is 0.154. The van der Waals surface area contributed by atoms with Gasteiger partial charge in [-0.1, -0.05) is 54.9 Å². The zero-order valence-corrected chi connectivity index (χ0v) is 29.8. The molecule has 0 aromatic carbocycles. The van der Waals surface area contributed by atoms with Crippen molar-refractivity contribution in [2.45, 2.75) is 137 Å². The maximum Gasteiger partial charge on any atom is 0.192 e. The Morgan fingerprint density at radius 3 is 2.26 bits per heavy atom. The van der Waals surface area contributed by atoms with Crippen LogP contribution in [0.4, 0.5) is 0 Å². The lowest BCUT2D eigenvalue weighted by atomic mass is 9.91. The van der Waals surface area contributed by atoms with Gasteiger partial charge < -0.3 is 14.0 Å². The molecule has 38 heavy (non-hydrogen) atoms. The van der Waals surface area contributed by atoms with E-state index >= 15 is 0 Å². The second kappa shape index (κ2) is 12.7. The van der Waals surface area contributed by atoms with Gasteiger partial charge in [-0.25, -0.2) is 4.98 Å². The molecule has 1 saturated carbocycles. The zero-order chi connectivity index (χ0) is 29.2. The van der Waals surface area contributed by atoms with E-state index in [0.29, 0.717) is 11.8 Å². The number of thiazole rings is 1. The van der Waals surface area contributed by atoms with Crippen LogP contribution in [0.1, 0.15) is 98.2 Å². The molecule has 0 amide bonds. The molecule has 1 aliphatic carbocycles. The summed E-state index contributed by atoms with van der Waals surface area (Å²) in [5, 5.41) is 14.1. The van der Waals surface area contributed by atoms with E-state index in [9.17, 15) is 5.11 Å². The number of aryl methyl sites for hydroxylation is 1. The molecule has 4 atom stereocenters.